The summed E-state index contributed by atoms with van der Waals surface area (Å²) in [6.45, 7) is 0.132. The third-order valence-electron chi connectivity index (χ3n) is 6.64. The van der Waals surface area contributed by atoms with Crippen LogP contribution < -0.4 is 10.6 Å². The zero-order chi connectivity index (χ0) is 24.1. The second-order valence-corrected chi connectivity index (χ2v) is 8.84. The van der Waals surface area contributed by atoms with Crippen molar-refractivity contribution in [2.45, 2.75) is 50.1 Å². The van der Waals surface area contributed by atoms with Crippen LogP contribution in [0.5, 0.6) is 0 Å². The average molecular weight is 461 g/mol. The zero-order valence-corrected chi connectivity index (χ0v) is 18.8. The second kappa shape index (κ2) is 10.4. The van der Waals surface area contributed by atoms with Crippen molar-refractivity contribution in [3.05, 3.63) is 59.7 Å². The molecule has 7 heteroatoms. The molecule has 0 saturated heterocycles. The van der Waals surface area contributed by atoms with Gasteiger partial charge in [-0.25, -0.2) is 4.79 Å². The molecule has 2 amide bonds. The monoisotopic (exact) mass is 460 g/mol. The zero-order valence-electron chi connectivity index (χ0n) is 18.8. The largest absolute Gasteiger partial charge is 0.481 e. The first-order valence-electron chi connectivity index (χ1n) is 11.6. The number of rotatable bonds is 7. The molecule has 4 rings (SSSR count). The number of aliphatic carboxylic acids is 1. The minimum absolute atomic E-state index is 0.00507. The number of carbonyl (C=O) groups is 3. The number of fused-ring (bicyclic) bond motifs is 3. The Kier molecular flexibility index (Phi) is 7.17. The Labute approximate surface area is 198 Å². The van der Waals surface area contributed by atoms with Gasteiger partial charge in [-0.2, -0.15) is 0 Å². The molecule has 0 bridgehead atoms. The summed E-state index contributed by atoms with van der Waals surface area (Å²) in [5.41, 5.74) is 4.45. The minimum Gasteiger partial charge on any atom is -0.481 e. The molecule has 3 N–H and O–H groups in total. The lowest BCUT2D eigenvalue weighted by Gasteiger charge is -2.28. The topological polar surface area (TPSA) is 105 Å². The van der Waals surface area contributed by atoms with Crippen LogP contribution >= 0.6 is 0 Å². The van der Waals surface area contributed by atoms with E-state index in [9.17, 15) is 19.5 Å². The molecule has 2 aliphatic carbocycles. The fourth-order valence-electron chi connectivity index (χ4n) is 4.96. The van der Waals surface area contributed by atoms with E-state index in [1.165, 1.54) is 0 Å². The number of nitrogens with one attached hydrogen (secondary N) is 2. The van der Waals surface area contributed by atoms with Crippen molar-refractivity contribution in [1.82, 2.24) is 10.6 Å². The Morgan fingerprint density at radius 1 is 1.06 bits per heavy atom. The predicted molar refractivity (Wildman–Crippen MR) is 127 cm³/mol. The van der Waals surface area contributed by atoms with E-state index in [1.807, 2.05) is 36.4 Å². The molecule has 0 aliphatic heterocycles. The van der Waals surface area contributed by atoms with E-state index in [0.29, 0.717) is 19.3 Å². The fourth-order valence-corrected chi connectivity index (χ4v) is 4.96. The van der Waals surface area contributed by atoms with Gasteiger partial charge in [0.05, 0.1) is 5.92 Å². The fraction of sp³-hybridized carbons (Fsp3) is 0.370. The van der Waals surface area contributed by atoms with Gasteiger partial charge in [-0.15, -0.1) is 12.3 Å². The first-order valence-corrected chi connectivity index (χ1v) is 11.6. The number of carboxylic acid groups (broad SMARTS) is 1. The summed E-state index contributed by atoms with van der Waals surface area (Å²) in [4.78, 5) is 36.7. The molecular formula is C27H28N2O5. The molecule has 3 atom stereocenters. The van der Waals surface area contributed by atoms with Crippen molar-refractivity contribution < 1.29 is 24.2 Å². The van der Waals surface area contributed by atoms with E-state index in [-0.39, 0.29) is 25.0 Å². The number of benzene rings is 2. The van der Waals surface area contributed by atoms with Crippen LogP contribution in [0, 0.1) is 18.3 Å². The predicted octanol–water partition coefficient (Wildman–Crippen LogP) is 3.68. The van der Waals surface area contributed by atoms with Gasteiger partial charge in [0.15, 0.2) is 0 Å². The van der Waals surface area contributed by atoms with Gasteiger partial charge < -0.3 is 20.5 Å². The lowest BCUT2D eigenvalue weighted by atomic mass is 9.85. The molecular weight excluding hydrogens is 432 g/mol. The van der Waals surface area contributed by atoms with Crippen molar-refractivity contribution in [1.29, 1.82) is 0 Å². The summed E-state index contributed by atoms with van der Waals surface area (Å²) in [7, 11) is 0. The van der Waals surface area contributed by atoms with Crippen LogP contribution in [-0.4, -0.2) is 41.8 Å². The van der Waals surface area contributed by atoms with Gasteiger partial charge in [0.1, 0.15) is 12.6 Å². The minimum atomic E-state index is -0.953. The van der Waals surface area contributed by atoms with Gasteiger partial charge in [0, 0.05) is 18.4 Å². The molecule has 176 valence electrons. The van der Waals surface area contributed by atoms with Gasteiger partial charge >= 0.3 is 12.1 Å². The quantitative estimate of drug-likeness (QED) is 0.547. The van der Waals surface area contributed by atoms with Crippen LogP contribution in [0.25, 0.3) is 11.1 Å². The molecule has 2 aromatic carbocycles. The second-order valence-electron chi connectivity index (χ2n) is 8.84. The number of amides is 2. The van der Waals surface area contributed by atoms with E-state index >= 15 is 0 Å². The number of carboxylic acids is 1. The van der Waals surface area contributed by atoms with Crippen LogP contribution in [0.15, 0.2) is 48.5 Å². The summed E-state index contributed by atoms with van der Waals surface area (Å²) in [5.74, 6) is 0.575. The summed E-state index contributed by atoms with van der Waals surface area (Å²) < 4.78 is 5.53. The lowest BCUT2D eigenvalue weighted by Crippen LogP contribution is -2.50. The molecule has 0 heterocycles. The van der Waals surface area contributed by atoms with Crippen molar-refractivity contribution in [3.8, 4) is 23.5 Å². The highest BCUT2D eigenvalue weighted by Crippen LogP contribution is 2.44. The van der Waals surface area contributed by atoms with E-state index in [1.54, 1.807) is 0 Å². The molecule has 2 aliphatic rings. The molecule has 1 fully saturated rings. The normalized spacial score (nSPS) is 19.7. The SMILES string of the molecule is C#CCC(NC(=O)OCC1c2ccccc2-c2ccccc21)C(=O)N[C@@H]1CCC[C@@H](C(=O)O)C1. The summed E-state index contributed by atoms with van der Waals surface area (Å²) >= 11 is 0. The van der Waals surface area contributed by atoms with Crippen LogP contribution in [0.1, 0.15) is 49.1 Å². The van der Waals surface area contributed by atoms with Crippen LogP contribution in [0.3, 0.4) is 0 Å². The van der Waals surface area contributed by atoms with Crippen LogP contribution in [-0.2, 0) is 14.3 Å². The molecule has 0 aromatic heterocycles. The van der Waals surface area contributed by atoms with E-state index in [0.717, 1.165) is 28.7 Å². The molecule has 7 nitrogen and oxygen atoms in total. The first kappa shape index (κ1) is 23.4. The number of hydrogen-bond donors (Lipinski definition) is 3. The number of ether oxygens (including phenoxy) is 1. The van der Waals surface area contributed by atoms with Crippen molar-refractivity contribution in [2.24, 2.45) is 5.92 Å². The van der Waals surface area contributed by atoms with Crippen LogP contribution in [0.2, 0.25) is 0 Å². The smallest absolute Gasteiger partial charge is 0.407 e. The van der Waals surface area contributed by atoms with Gasteiger partial charge in [-0.1, -0.05) is 55.0 Å². The molecule has 1 unspecified atom stereocenters. The third-order valence-corrected chi connectivity index (χ3v) is 6.64. The van der Waals surface area contributed by atoms with Crippen molar-refractivity contribution in [2.75, 3.05) is 6.61 Å². The molecule has 0 spiro atoms. The van der Waals surface area contributed by atoms with Crippen molar-refractivity contribution in [3.63, 3.8) is 0 Å². The van der Waals surface area contributed by atoms with Gasteiger partial charge in [-0.05, 0) is 41.5 Å². The Hall–Kier alpha value is -3.79. The maximum atomic E-state index is 12.8. The van der Waals surface area contributed by atoms with Gasteiger partial charge in [0.2, 0.25) is 5.91 Å². The van der Waals surface area contributed by atoms with E-state index in [4.69, 9.17) is 11.2 Å². The standard InChI is InChI=1S/C27H28N2O5/c1-2-8-24(25(30)28-18-10-7-9-17(15-18)26(31)32)29-27(33)34-16-23-21-13-5-3-11-19(21)20-12-4-6-14-22(20)23/h1,3-6,11-14,17-18,23-24H,7-10,15-16H2,(H,28,30)(H,29,33)(H,31,32)/t17-,18-,24?/m1/s1. The number of carbonyl (C=O) groups excluding carboxylic acids is 2. The maximum Gasteiger partial charge on any atom is 0.407 e. The Morgan fingerprint density at radius 2 is 1.71 bits per heavy atom. The van der Waals surface area contributed by atoms with E-state index in [2.05, 4.69) is 28.7 Å². The number of terminal acetylenes is 1. The summed E-state index contributed by atoms with van der Waals surface area (Å²) in [5, 5.41) is 14.7. The Morgan fingerprint density at radius 3 is 2.32 bits per heavy atom. The summed E-state index contributed by atoms with van der Waals surface area (Å²) in [6, 6.07) is 14.9. The molecule has 34 heavy (non-hydrogen) atoms. The van der Waals surface area contributed by atoms with Gasteiger partial charge in [-0.3, -0.25) is 9.59 Å². The molecule has 1 saturated carbocycles. The number of hydrogen-bond acceptors (Lipinski definition) is 4. The van der Waals surface area contributed by atoms with Crippen LogP contribution in [0.4, 0.5) is 4.79 Å². The highest BCUT2D eigenvalue weighted by Gasteiger charge is 2.31. The first-order chi connectivity index (χ1) is 16.5. The van der Waals surface area contributed by atoms with Gasteiger partial charge in [0.25, 0.3) is 0 Å². The maximum absolute atomic E-state index is 12.8. The Balaban J connectivity index is 1.36. The molecule has 2 aromatic rings. The Bertz CT molecular complexity index is 1080. The van der Waals surface area contributed by atoms with E-state index < -0.39 is 29.9 Å². The third kappa shape index (κ3) is 5.07. The molecule has 0 radical (unpaired) electrons. The number of alkyl carbamates (subject to hydrolysis) is 1. The average Bonchev–Trinajstić information content (AvgIpc) is 3.16. The highest BCUT2D eigenvalue weighted by atomic mass is 16.5. The van der Waals surface area contributed by atoms with Crippen molar-refractivity contribution >= 4 is 18.0 Å². The summed E-state index contributed by atoms with van der Waals surface area (Å²) in [6.07, 6.45) is 7.10. The highest BCUT2D eigenvalue weighted by molar-refractivity contribution is 5.86. The lowest BCUT2D eigenvalue weighted by molar-refractivity contribution is -0.143.